The van der Waals surface area contributed by atoms with Gasteiger partial charge in [-0.2, -0.15) is 0 Å². The first-order valence-corrected chi connectivity index (χ1v) is 6.69. The van der Waals surface area contributed by atoms with Crippen molar-refractivity contribution in [1.82, 2.24) is 4.98 Å². The third-order valence-electron chi connectivity index (χ3n) is 3.93. The van der Waals surface area contributed by atoms with Crippen molar-refractivity contribution in [3.05, 3.63) is 30.6 Å². The van der Waals surface area contributed by atoms with Crippen LogP contribution in [0.1, 0.15) is 19.3 Å². The van der Waals surface area contributed by atoms with Crippen LogP contribution in [0, 0.1) is 0 Å². The first-order chi connectivity index (χ1) is 9.28. The van der Waals surface area contributed by atoms with Gasteiger partial charge in [-0.05, 0) is 37.5 Å². The molecule has 2 unspecified atom stereocenters. The zero-order chi connectivity index (χ0) is 13.2. The molecule has 4 nitrogen and oxygen atoms in total. The lowest BCUT2D eigenvalue weighted by Crippen LogP contribution is -2.17. The quantitative estimate of drug-likeness (QED) is 0.830. The van der Waals surface area contributed by atoms with E-state index in [0.29, 0.717) is 12.1 Å². The molecule has 19 heavy (non-hydrogen) atoms. The summed E-state index contributed by atoms with van der Waals surface area (Å²) in [7, 11) is 1.79. The van der Waals surface area contributed by atoms with Gasteiger partial charge in [0.25, 0.3) is 0 Å². The molecule has 2 aromatic rings. The third-order valence-corrected chi connectivity index (χ3v) is 3.93. The maximum absolute atomic E-state index is 6.00. The second-order valence-electron chi connectivity index (χ2n) is 5.14. The smallest absolute Gasteiger partial charge is 0.0591 e. The lowest BCUT2D eigenvalue weighted by atomic mass is 10.1. The number of fused-ring (bicyclic) bond motifs is 1. The van der Waals surface area contributed by atoms with Crippen molar-refractivity contribution in [3.8, 4) is 0 Å². The Labute approximate surface area is 113 Å². The monoisotopic (exact) mass is 257 g/mol. The number of nitrogens with two attached hydrogens (primary N) is 1. The molecule has 2 atom stereocenters. The fourth-order valence-electron chi connectivity index (χ4n) is 2.84. The van der Waals surface area contributed by atoms with Crippen LogP contribution in [0.5, 0.6) is 0 Å². The fourth-order valence-corrected chi connectivity index (χ4v) is 2.84. The molecule has 100 valence electrons. The Morgan fingerprint density at radius 3 is 2.95 bits per heavy atom. The van der Waals surface area contributed by atoms with Crippen LogP contribution < -0.4 is 11.1 Å². The van der Waals surface area contributed by atoms with E-state index in [-0.39, 0.29) is 0 Å². The first kappa shape index (κ1) is 12.2. The number of anilines is 2. The zero-order valence-electron chi connectivity index (χ0n) is 11.1. The molecular weight excluding hydrogens is 238 g/mol. The lowest BCUT2D eigenvalue weighted by molar-refractivity contribution is 0.108. The van der Waals surface area contributed by atoms with E-state index in [1.54, 1.807) is 13.3 Å². The molecule has 0 amide bonds. The normalized spacial score (nSPS) is 22.8. The summed E-state index contributed by atoms with van der Waals surface area (Å²) in [5.74, 6) is 0. The Bertz CT molecular complexity index is 585. The van der Waals surface area contributed by atoms with Gasteiger partial charge in [0, 0.05) is 47.7 Å². The number of benzene rings is 1. The van der Waals surface area contributed by atoms with Gasteiger partial charge in [-0.3, -0.25) is 4.98 Å². The molecule has 0 aliphatic heterocycles. The highest BCUT2D eigenvalue weighted by Crippen LogP contribution is 2.31. The van der Waals surface area contributed by atoms with Gasteiger partial charge in [0.15, 0.2) is 0 Å². The molecule has 0 bridgehead atoms. The van der Waals surface area contributed by atoms with Gasteiger partial charge in [-0.25, -0.2) is 0 Å². The standard InChI is InChI=1S/C15H19N3O/c1-19-11-3-2-10(8-11)18-15-5-4-14(16)12-6-7-17-9-13(12)15/h4-7,9-11,18H,2-3,8,16H2,1H3. The fraction of sp³-hybridized carbons (Fsp3) is 0.400. The summed E-state index contributed by atoms with van der Waals surface area (Å²) in [5, 5.41) is 5.74. The molecule has 0 spiro atoms. The van der Waals surface area contributed by atoms with Crippen molar-refractivity contribution in [2.75, 3.05) is 18.2 Å². The molecular formula is C15H19N3O. The number of rotatable bonds is 3. The molecule has 0 saturated heterocycles. The third kappa shape index (κ3) is 2.36. The van der Waals surface area contributed by atoms with E-state index in [1.807, 2.05) is 24.4 Å². The van der Waals surface area contributed by atoms with Crippen LogP contribution in [0.3, 0.4) is 0 Å². The molecule has 1 heterocycles. The average Bonchev–Trinajstić information content (AvgIpc) is 2.90. The van der Waals surface area contributed by atoms with Crippen LogP contribution in [0.15, 0.2) is 30.6 Å². The first-order valence-electron chi connectivity index (χ1n) is 6.69. The number of hydrogen-bond donors (Lipinski definition) is 2. The van der Waals surface area contributed by atoms with Crippen molar-refractivity contribution in [3.63, 3.8) is 0 Å². The predicted octanol–water partition coefficient (Wildman–Crippen LogP) is 2.80. The number of nitrogens with one attached hydrogen (secondary N) is 1. The largest absolute Gasteiger partial charge is 0.398 e. The van der Waals surface area contributed by atoms with Crippen LogP contribution >= 0.6 is 0 Å². The van der Waals surface area contributed by atoms with Crippen molar-refractivity contribution in [1.29, 1.82) is 0 Å². The maximum Gasteiger partial charge on any atom is 0.0591 e. The Morgan fingerprint density at radius 1 is 1.26 bits per heavy atom. The van der Waals surface area contributed by atoms with Crippen LogP contribution in [0.2, 0.25) is 0 Å². The second kappa shape index (κ2) is 5.05. The number of nitrogens with zero attached hydrogens (tertiary/aromatic N) is 1. The van der Waals surface area contributed by atoms with E-state index in [2.05, 4.69) is 10.3 Å². The molecule has 4 heteroatoms. The Kier molecular flexibility index (Phi) is 3.25. The van der Waals surface area contributed by atoms with E-state index in [9.17, 15) is 0 Å². The van der Waals surface area contributed by atoms with Crippen molar-refractivity contribution < 1.29 is 4.74 Å². The summed E-state index contributed by atoms with van der Waals surface area (Å²) in [6.45, 7) is 0. The number of hydrogen-bond acceptors (Lipinski definition) is 4. The summed E-state index contributed by atoms with van der Waals surface area (Å²) in [5.41, 5.74) is 7.91. The van der Waals surface area contributed by atoms with Gasteiger partial charge in [0.05, 0.1) is 6.10 Å². The highest BCUT2D eigenvalue weighted by atomic mass is 16.5. The minimum atomic E-state index is 0.385. The van der Waals surface area contributed by atoms with Crippen molar-refractivity contribution >= 4 is 22.1 Å². The van der Waals surface area contributed by atoms with Crippen molar-refractivity contribution in [2.24, 2.45) is 0 Å². The molecule has 3 rings (SSSR count). The summed E-state index contributed by atoms with van der Waals surface area (Å²) < 4.78 is 5.41. The summed E-state index contributed by atoms with van der Waals surface area (Å²) in [6, 6.07) is 6.42. The molecule has 0 radical (unpaired) electrons. The van der Waals surface area contributed by atoms with Crippen LogP contribution in [-0.2, 0) is 4.74 Å². The number of aromatic nitrogens is 1. The van der Waals surface area contributed by atoms with Gasteiger partial charge in [0.2, 0.25) is 0 Å². The Hall–Kier alpha value is -1.81. The highest BCUT2D eigenvalue weighted by Gasteiger charge is 2.24. The van der Waals surface area contributed by atoms with E-state index in [4.69, 9.17) is 10.5 Å². The minimum Gasteiger partial charge on any atom is -0.398 e. The summed E-state index contributed by atoms with van der Waals surface area (Å²) in [4.78, 5) is 4.20. The minimum absolute atomic E-state index is 0.385. The average molecular weight is 257 g/mol. The van der Waals surface area contributed by atoms with Gasteiger partial charge < -0.3 is 15.8 Å². The van der Waals surface area contributed by atoms with Gasteiger partial charge in [-0.1, -0.05) is 0 Å². The van der Waals surface area contributed by atoms with Gasteiger partial charge in [-0.15, -0.1) is 0 Å². The summed E-state index contributed by atoms with van der Waals surface area (Å²) in [6.07, 6.45) is 7.36. The molecule has 1 aliphatic rings. The SMILES string of the molecule is COC1CCC(Nc2ccc(N)c3ccncc23)C1. The number of nitrogen functional groups attached to an aromatic ring is 1. The number of pyridine rings is 1. The van der Waals surface area contributed by atoms with Gasteiger partial charge in [0.1, 0.15) is 0 Å². The van der Waals surface area contributed by atoms with E-state index >= 15 is 0 Å². The molecule has 3 N–H and O–H groups in total. The second-order valence-corrected chi connectivity index (χ2v) is 5.14. The predicted molar refractivity (Wildman–Crippen MR) is 78.2 cm³/mol. The number of ether oxygens (including phenoxy) is 1. The zero-order valence-corrected chi connectivity index (χ0v) is 11.1. The van der Waals surface area contributed by atoms with Gasteiger partial charge >= 0.3 is 0 Å². The van der Waals surface area contributed by atoms with E-state index in [1.165, 1.54) is 0 Å². The topological polar surface area (TPSA) is 60.2 Å². The Morgan fingerprint density at radius 2 is 2.16 bits per heavy atom. The van der Waals surface area contributed by atoms with E-state index < -0.39 is 0 Å². The maximum atomic E-state index is 6.00. The van der Waals surface area contributed by atoms with E-state index in [0.717, 1.165) is 41.4 Å². The molecule has 1 aromatic heterocycles. The van der Waals surface area contributed by atoms with Crippen molar-refractivity contribution in [2.45, 2.75) is 31.4 Å². The molecule has 1 saturated carbocycles. The van der Waals surface area contributed by atoms with Crippen LogP contribution in [0.4, 0.5) is 11.4 Å². The van der Waals surface area contributed by atoms with Crippen LogP contribution in [-0.4, -0.2) is 24.2 Å². The Balaban J connectivity index is 1.87. The van der Waals surface area contributed by atoms with Crippen LogP contribution in [0.25, 0.3) is 10.8 Å². The molecule has 1 aromatic carbocycles. The highest BCUT2D eigenvalue weighted by molar-refractivity contribution is 6.00. The summed E-state index contributed by atoms with van der Waals surface area (Å²) >= 11 is 0. The molecule has 1 fully saturated rings. The number of methoxy groups -OCH3 is 1. The molecule has 1 aliphatic carbocycles. The lowest BCUT2D eigenvalue weighted by Gasteiger charge is -2.16.